The van der Waals surface area contributed by atoms with Gasteiger partial charge in [-0.2, -0.15) is 0 Å². The first-order valence-corrected chi connectivity index (χ1v) is 7.57. The van der Waals surface area contributed by atoms with Crippen LogP contribution >= 0.6 is 23.2 Å². The molecule has 0 heterocycles. The molecule has 0 saturated carbocycles. The molecule has 0 radical (unpaired) electrons. The van der Waals surface area contributed by atoms with Crippen LogP contribution < -0.4 is 5.32 Å². The molecule has 1 atom stereocenters. The van der Waals surface area contributed by atoms with Crippen molar-refractivity contribution in [2.75, 3.05) is 6.54 Å². The summed E-state index contributed by atoms with van der Waals surface area (Å²) in [5.74, 6) is 0.590. The molecule has 0 bridgehead atoms. The molecule has 0 fully saturated rings. The molecule has 0 aromatic heterocycles. The summed E-state index contributed by atoms with van der Waals surface area (Å²) in [4.78, 5) is 0. The van der Waals surface area contributed by atoms with E-state index in [-0.39, 0.29) is 0 Å². The van der Waals surface area contributed by atoms with Crippen LogP contribution in [0.4, 0.5) is 0 Å². The van der Waals surface area contributed by atoms with E-state index in [1.54, 1.807) is 0 Å². The fourth-order valence-electron chi connectivity index (χ4n) is 2.34. The summed E-state index contributed by atoms with van der Waals surface area (Å²) in [6.45, 7) is 7.64. The third-order valence-electron chi connectivity index (χ3n) is 3.43. The minimum Gasteiger partial charge on any atom is -0.310 e. The molecule has 0 aliphatic rings. The van der Waals surface area contributed by atoms with Crippen molar-refractivity contribution in [3.63, 3.8) is 0 Å². The van der Waals surface area contributed by atoms with Crippen LogP contribution in [0, 0.1) is 5.92 Å². The molecule has 1 aromatic rings. The molecule has 102 valence electrons. The maximum absolute atomic E-state index is 6.33. The van der Waals surface area contributed by atoms with Crippen LogP contribution in [0.2, 0.25) is 10.0 Å². The monoisotopic (exact) mass is 287 g/mol. The van der Waals surface area contributed by atoms with E-state index in [2.05, 4.69) is 26.1 Å². The Labute approximate surface area is 121 Å². The van der Waals surface area contributed by atoms with Crippen molar-refractivity contribution in [3.8, 4) is 0 Å². The maximum Gasteiger partial charge on any atom is 0.0454 e. The van der Waals surface area contributed by atoms with E-state index >= 15 is 0 Å². The summed E-state index contributed by atoms with van der Waals surface area (Å²) in [7, 11) is 0. The standard InChI is InChI=1S/C15H23Cl2N/c1-4-9-18-15(11(5-2)6-3)13-10-12(16)7-8-14(13)17/h7-8,10-11,15,18H,4-6,9H2,1-3H3. The average molecular weight is 288 g/mol. The van der Waals surface area contributed by atoms with Crippen molar-refractivity contribution < 1.29 is 0 Å². The van der Waals surface area contributed by atoms with E-state index in [9.17, 15) is 0 Å². The summed E-state index contributed by atoms with van der Waals surface area (Å²) in [5.41, 5.74) is 1.13. The Morgan fingerprint density at radius 2 is 1.78 bits per heavy atom. The third-order valence-corrected chi connectivity index (χ3v) is 4.01. The van der Waals surface area contributed by atoms with E-state index in [1.165, 1.54) is 0 Å². The quantitative estimate of drug-likeness (QED) is 0.701. The van der Waals surface area contributed by atoms with Gasteiger partial charge in [0.15, 0.2) is 0 Å². The minimum absolute atomic E-state index is 0.297. The van der Waals surface area contributed by atoms with Crippen molar-refractivity contribution in [2.24, 2.45) is 5.92 Å². The Balaban J connectivity index is 3.03. The van der Waals surface area contributed by atoms with Gasteiger partial charge in [-0.1, -0.05) is 56.8 Å². The Morgan fingerprint density at radius 1 is 1.11 bits per heavy atom. The third kappa shape index (κ3) is 4.15. The molecule has 1 unspecified atom stereocenters. The highest BCUT2D eigenvalue weighted by Crippen LogP contribution is 2.33. The molecule has 0 spiro atoms. The molecular weight excluding hydrogens is 265 g/mol. The molecule has 1 rings (SSSR count). The van der Waals surface area contributed by atoms with Gasteiger partial charge in [-0.3, -0.25) is 0 Å². The predicted octanol–water partition coefficient (Wildman–Crippen LogP) is 5.47. The fraction of sp³-hybridized carbons (Fsp3) is 0.600. The molecule has 1 N–H and O–H groups in total. The first-order valence-electron chi connectivity index (χ1n) is 6.82. The first-order chi connectivity index (χ1) is 8.63. The molecule has 0 aliphatic carbocycles. The van der Waals surface area contributed by atoms with Gasteiger partial charge >= 0.3 is 0 Å². The number of hydrogen-bond donors (Lipinski definition) is 1. The topological polar surface area (TPSA) is 12.0 Å². The second-order valence-corrected chi connectivity index (χ2v) is 5.52. The van der Waals surface area contributed by atoms with Crippen molar-refractivity contribution in [2.45, 2.75) is 46.1 Å². The molecule has 0 amide bonds. The van der Waals surface area contributed by atoms with Gasteiger partial charge in [0.1, 0.15) is 0 Å². The summed E-state index contributed by atoms with van der Waals surface area (Å²) < 4.78 is 0. The zero-order valence-corrected chi connectivity index (χ0v) is 13.0. The molecule has 1 aromatic carbocycles. The molecule has 0 saturated heterocycles. The van der Waals surface area contributed by atoms with Crippen LogP contribution in [0.25, 0.3) is 0 Å². The summed E-state index contributed by atoms with van der Waals surface area (Å²) in [6.07, 6.45) is 3.40. The van der Waals surface area contributed by atoms with E-state index in [0.29, 0.717) is 12.0 Å². The fourth-order valence-corrected chi connectivity index (χ4v) is 2.76. The summed E-state index contributed by atoms with van der Waals surface area (Å²) in [5, 5.41) is 5.17. The first kappa shape index (κ1) is 15.8. The van der Waals surface area contributed by atoms with Crippen molar-refractivity contribution in [1.29, 1.82) is 0 Å². The molecule has 3 heteroatoms. The second kappa shape index (κ2) is 8.04. The van der Waals surface area contributed by atoms with Gasteiger partial charge in [0.05, 0.1) is 0 Å². The Hall–Kier alpha value is -0.240. The Bertz CT molecular complexity index is 362. The van der Waals surface area contributed by atoms with Crippen LogP contribution in [0.3, 0.4) is 0 Å². The van der Waals surface area contributed by atoms with Crippen LogP contribution in [0.5, 0.6) is 0 Å². The van der Waals surface area contributed by atoms with E-state index in [0.717, 1.165) is 41.4 Å². The molecule has 1 nitrogen and oxygen atoms in total. The average Bonchev–Trinajstić information content (AvgIpc) is 2.38. The molecule has 18 heavy (non-hydrogen) atoms. The van der Waals surface area contributed by atoms with Gasteiger partial charge < -0.3 is 5.32 Å². The molecule has 0 aliphatic heterocycles. The van der Waals surface area contributed by atoms with Gasteiger partial charge in [-0.25, -0.2) is 0 Å². The van der Waals surface area contributed by atoms with Gasteiger partial charge in [-0.15, -0.1) is 0 Å². The van der Waals surface area contributed by atoms with E-state index in [4.69, 9.17) is 23.2 Å². The zero-order valence-electron chi connectivity index (χ0n) is 11.5. The summed E-state index contributed by atoms with van der Waals surface area (Å²) >= 11 is 12.4. The minimum atomic E-state index is 0.297. The highest BCUT2D eigenvalue weighted by atomic mass is 35.5. The number of hydrogen-bond acceptors (Lipinski definition) is 1. The van der Waals surface area contributed by atoms with Crippen molar-refractivity contribution >= 4 is 23.2 Å². The largest absolute Gasteiger partial charge is 0.310 e. The second-order valence-electron chi connectivity index (χ2n) is 4.67. The number of nitrogens with one attached hydrogen (secondary N) is 1. The number of rotatable bonds is 7. The van der Waals surface area contributed by atoms with E-state index in [1.807, 2.05) is 18.2 Å². The van der Waals surface area contributed by atoms with Gasteiger partial charge in [-0.05, 0) is 42.6 Å². The Morgan fingerprint density at radius 3 is 2.33 bits per heavy atom. The Kier molecular flexibility index (Phi) is 7.06. The van der Waals surface area contributed by atoms with Gasteiger partial charge in [0.2, 0.25) is 0 Å². The van der Waals surface area contributed by atoms with Crippen molar-refractivity contribution in [1.82, 2.24) is 5.32 Å². The normalized spacial score (nSPS) is 13.0. The van der Waals surface area contributed by atoms with Crippen LogP contribution in [-0.4, -0.2) is 6.54 Å². The SMILES string of the molecule is CCCNC(c1cc(Cl)ccc1Cl)C(CC)CC. The van der Waals surface area contributed by atoms with Crippen LogP contribution in [-0.2, 0) is 0 Å². The number of halogens is 2. The maximum atomic E-state index is 6.33. The molecular formula is C15H23Cl2N. The van der Waals surface area contributed by atoms with Gasteiger partial charge in [0.25, 0.3) is 0 Å². The predicted molar refractivity (Wildman–Crippen MR) is 81.6 cm³/mol. The zero-order chi connectivity index (χ0) is 13.5. The highest BCUT2D eigenvalue weighted by Gasteiger charge is 2.22. The van der Waals surface area contributed by atoms with Gasteiger partial charge in [0, 0.05) is 16.1 Å². The lowest BCUT2D eigenvalue weighted by atomic mass is 9.88. The smallest absolute Gasteiger partial charge is 0.0454 e. The van der Waals surface area contributed by atoms with E-state index < -0.39 is 0 Å². The summed E-state index contributed by atoms with van der Waals surface area (Å²) in [6, 6.07) is 6.03. The van der Waals surface area contributed by atoms with Crippen LogP contribution in [0.15, 0.2) is 18.2 Å². The lowest BCUT2D eigenvalue weighted by Crippen LogP contribution is -2.28. The number of benzene rings is 1. The van der Waals surface area contributed by atoms with Crippen molar-refractivity contribution in [3.05, 3.63) is 33.8 Å². The van der Waals surface area contributed by atoms with Crippen LogP contribution in [0.1, 0.15) is 51.6 Å². The highest BCUT2D eigenvalue weighted by molar-refractivity contribution is 6.33. The lowest BCUT2D eigenvalue weighted by molar-refractivity contribution is 0.341. The lowest BCUT2D eigenvalue weighted by Gasteiger charge is -2.28.